The van der Waals surface area contributed by atoms with E-state index < -0.39 is 17.7 Å². The van der Waals surface area contributed by atoms with Crippen molar-refractivity contribution in [2.45, 2.75) is 66.5 Å². The second-order valence-corrected chi connectivity index (χ2v) is 8.72. The molecule has 1 unspecified atom stereocenters. The van der Waals surface area contributed by atoms with E-state index in [1.54, 1.807) is 4.90 Å². The Morgan fingerprint density at radius 2 is 1.74 bits per heavy atom. The van der Waals surface area contributed by atoms with E-state index in [-0.39, 0.29) is 23.4 Å². The van der Waals surface area contributed by atoms with E-state index in [9.17, 15) is 14.7 Å². The fourth-order valence-electron chi connectivity index (χ4n) is 4.01. The number of benzene rings is 1. The van der Waals surface area contributed by atoms with Crippen LogP contribution in [-0.4, -0.2) is 54.0 Å². The van der Waals surface area contributed by atoms with E-state index in [0.717, 1.165) is 24.3 Å². The first-order valence-electron chi connectivity index (χ1n) is 11.4. The number of hydrogen-bond donors (Lipinski definition) is 1. The maximum Gasteiger partial charge on any atom is 0.290 e. The van der Waals surface area contributed by atoms with Crippen molar-refractivity contribution in [2.24, 2.45) is 5.92 Å². The smallest absolute Gasteiger partial charge is 0.290 e. The third-order valence-electron chi connectivity index (χ3n) is 5.53. The number of hydrogen-bond acceptors (Lipinski definition) is 5. The molecule has 1 amide bonds. The Balaban J connectivity index is 2.36. The van der Waals surface area contributed by atoms with Gasteiger partial charge in [0.1, 0.15) is 0 Å². The maximum absolute atomic E-state index is 13.0. The molecule has 1 aliphatic rings. The SMILES string of the molecule is CCN(CC)c1ccc(C2C(C(=O)CC(C)C)=C(O)C(=O)N2CCCOC(C)C)cc1. The molecule has 1 aliphatic heterocycles. The van der Waals surface area contributed by atoms with Crippen molar-refractivity contribution < 1.29 is 19.4 Å². The van der Waals surface area contributed by atoms with E-state index in [4.69, 9.17) is 4.74 Å². The zero-order valence-electron chi connectivity index (χ0n) is 19.9. The lowest BCUT2D eigenvalue weighted by Gasteiger charge is -2.28. The lowest BCUT2D eigenvalue weighted by Crippen LogP contribution is -2.33. The van der Waals surface area contributed by atoms with Crippen molar-refractivity contribution in [2.75, 3.05) is 31.1 Å². The van der Waals surface area contributed by atoms with Gasteiger partial charge in [0.15, 0.2) is 11.5 Å². The van der Waals surface area contributed by atoms with Gasteiger partial charge in [0.2, 0.25) is 0 Å². The summed E-state index contributed by atoms with van der Waals surface area (Å²) in [4.78, 5) is 29.7. The van der Waals surface area contributed by atoms with Crippen LogP contribution in [0.15, 0.2) is 35.6 Å². The van der Waals surface area contributed by atoms with E-state index in [1.807, 2.05) is 52.0 Å². The molecular weight excluding hydrogens is 392 g/mol. The number of ether oxygens (including phenoxy) is 1. The summed E-state index contributed by atoms with van der Waals surface area (Å²) >= 11 is 0. The number of carbonyl (C=O) groups is 2. The molecule has 0 aliphatic carbocycles. The second kappa shape index (κ2) is 11.3. The molecular formula is C25H38N2O4. The summed E-state index contributed by atoms with van der Waals surface area (Å²) in [6.07, 6.45) is 1.05. The molecule has 0 fully saturated rings. The van der Waals surface area contributed by atoms with E-state index >= 15 is 0 Å². The quantitative estimate of drug-likeness (QED) is 0.489. The number of aliphatic hydroxyl groups is 1. The van der Waals surface area contributed by atoms with Crippen LogP contribution in [0.25, 0.3) is 0 Å². The van der Waals surface area contributed by atoms with Crippen molar-refractivity contribution in [1.82, 2.24) is 4.90 Å². The van der Waals surface area contributed by atoms with Crippen molar-refractivity contribution in [3.8, 4) is 0 Å². The molecule has 6 nitrogen and oxygen atoms in total. The highest BCUT2D eigenvalue weighted by Crippen LogP contribution is 2.39. The van der Waals surface area contributed by atoms with Crippen LogP contribution in [0.4, 0.5) is 5.69 Å². The summed E-state index contributed by atoms with van der Waals surface area (Å²) in [5.41, 5.74) is 2.16. The van der Waals surface area contributed by atoms with Crippen LogP contribution in [0.1, 0.15) is 66.0 Å². The summed E-state index contributed by atoms with van der Waals surface area (Å²) < 4.78 is 5.61. The summed E-state index contributed by atoms with van der Waals surface area (Å²) in [7, 11) is 0. The van der Waals surface area contributed by atoms with Crippen molar-refractivity contribution in [1.29, 1.82) is 0 Å². The Morgan fingerprint density at radius 1 is 1.13 bits per heavy atom. The Labute approximate surface area is 186 Å². The van der Waals surface area contributed by atoms with Crippen LogP contribution in [0.5, 0.6) is 0 Å². The fraction of sp³-hybridized carbons (Fsp3) is 0.600. The molecule has 0 spiro atoms. The maximum atomic E-state index is 13.0. The Morgan fingerprint density at radius 3 is 2.26 bits per heavy atom. The molecule has 1 aromatic rings. The van der Waals surface area contributed by atoms with Crippen LogP contribution in [0.3, 0.4) is 0 Å². The highest BCUT2D eigenvalue weighted by atomic mass is 16.5. The number of aliphatic hydroxyl groups excluding tert-OH is 1. The lowest BCUT2D eigenvalue weighted by atomic mass is 9.92. The molecule has 1 aromatic carbocycles. The number of anilines is 1. The predicted octanol–water partition coefficient (Wildman–Crippen LogP) is 4.66. The molecule has 0 aromatic heterocycles. The topological polar surface area (TPSA) is 70.1 Å². The number of ketones is 1. The van der Waals surface area contributed by atoms with Gasteiger partial charge in [-0.3, -0.25) is 9.59 Å². The third kappa shape index (κ3) is 6.10. The summed E-state index contributed by atoms with van der Waals surface area (Å²) in [6.45, 7) is 14.8. The zero-order valence-corrected chi connectivity index (χ0v) is 19.9. The van der Waals surface area contributed by atoms with Crippen molar-refractivity contribution >= 4 is 17.4 Å². The summed E-state index contributed by atoms with van der Waals surface area (Å²) in [5, 5.41) is 10.6. The molecule has 0 bridgehead atoms. The first-order valence-corrected chi connectivity index (χ1v) is 11.4. The molecule has 172 valence electrons. The summed E-state index contributed by atoms with van der Waals surface area (Å²) in [5.74, 6) is -0.913. The third-order valence-corrected chi connectivity index (χ3v) is 5.53. The molecule has 0 saturated carbocycles. The first-order chi connectivity index (χ1) is 14.7. The van der Waals surface area contributed by atoms with Gasteiger partial charge in [0.05, 0.1) is 17.7 Å². The van der Waals surface area contributed by atoms with Crippen LogP contribution in [0.2, 0.25) is 0 Å². The molecule has 31 heavy (non-hydrogen) atoms. The van der Waals surface area contributed by atoms with Crippen LogP contribution in [-0.2, 0) is 14.3 Å². The minimum Gasteiger partial charge on any atom is -0.503 e. The Kier molecular flexibility index (Phi) is 9.11. The number of nitrogens with zero attached hydrogens (tertiary/aromatic N) is 2. The van der Waals surface area contributed by atoms with Gasteiger partial charge >= 0.3 is 0 Å². The minimum atomic E-state index is -0.566. The molecule has 0 radical (unpaired) electrons. The van der Waals surface area contributed by atoms with E-state index in [2.05, 4.69) is 18.7 Å². The largest absolute Gasteiger partial charge is 0.503 e. The summed E-state index contributed by atoms with van der Waals surface area (Å²) in [6, 6.07) is 7.40. The van der Waals surface area contributed by atoms with Gasteiger partial charge in [0.25, 0.3) is 5.91 Å². The van der Waals surface area contributed by atoms with Crippen LogP contribution >= 0.6 is 0 Å². The molecule has 1 N–H and O–H groups in total. The predicted molar refractivity (Wildman–Crippen MR) is 124 cm³/mol. The van der Waals surface area contributed by atoms with Crippen molar-refractivity contribution in [3.63, 3.8) is 0 Å². The number of amides is 1. The van der Waals surface area contributed by atoms with Gasteiger partial charge in [-0.1, -0.05) is 26.0 Å². The monoisotopic (exact) mass is 430 g/mol. The number of Topliss-reactive ketones (excluding diaryl/α,β-unsaturated/α-hetero) is 1. The average Bonchev–Trinajstić information content (AvgIpc) is 2.97. The second-order valence-electron chi connectivity index (χ2n) is 8.72. The lowest BCUT2D eigenvalue weighted by molar-refractivity contribution is -0.129. The minimum absolute atomic E-state index is 0.118. The Hall–Kier alpha value is -2.34. The Bertz CT molecular complexity index is 779. The van der Waals surface area contributed by atoms with Crippen molar-refractivity contribution in [3.05, 3.63) is 41.2 Å². The number of carbonyl (C=O) groups excluding carboxylic acids is 2. The fourth-order valence-corrected chi connectivity index (χ4v) is 4.01. The van der Waals surface area contributed by atoms with Gasteiger partial charge in [-0.25, -0.2) is 0 Å². The van der Waals surface area contributed by atoms with Gasteiger partial charge < -0.3 is 19.6 Å². The average molecular weight is 431 g/mol. The highest BCUT2D eigenvalue weighted by molar-refractivity contribution is 6.09. The van der Waals surface area contributed by atoms with Gasteiger partial charge in [0, 0.05) is 38.3 Å². The zero-order chi connectivity index (χ0) is 23.1. The standard InChI is InChI=1S/C25H38N2O4/c1-7-26(8-2)20-12-10-19(11-13-20)23-22(21(28)16-17(3)4)24(29)25(30)27(23)14-9-15-31-18(5)6/h10-13,17-18,23,29H,7-9,14-16H2,1-6H3. The normalized spacial score (nSPS) is 16.7. The molecule has 1 atom stereocenters. The molecule has 1 heterocycles. The van der Waals surface area contributed by atoms with Gasteiger partial charge in [-0.05, 0) is 57.7 Å². The van der Waals surface area contributed by atoms with Crippen LogP contribution < -0.4 is 4.90 Å². The van der Waals surface area contributed by atoms with Crippen LogP contribution in [0, 0.1) is 5.92 Å². The first kappa shape index (κ1) is 24.9. The van der Waals surface area contributed by atoms with Gasteiger partial charge in [-0.15, -0.1) is 0 Å². The highest BCUT2D eigenvalue weighted by Gasteiger charge is 2.43. The van der Waals surface area contributed by atoms with E-state index in [1.165, 1.54) is 0 Å². The molecule has 2 rings (SSSR count). The van der Waals surface area contributed by atoms with Gasteiger partial charge in [-0.2, -0.15) is 0 Å². The number of rotatable bonds is 12. The molecule has 6 heteroatoms. The molecule has 0 saturated heterocycles. The van der Waals surface area contributed by atoms with E-state index in [0.29, 0.717) is 26.0 Å².